The van der Waals surface area contributed by atoms with Crippen molar-refractivity contribution in [1.82, 2.24) is 0 Å². The number of nitriles is 1. The van der Waals surface area contributed by atoms with Gasteiger partial charge >= 0.3 is 0 Å². The maximum atomic E-state index is 8.84. The number of benzene rings is 1. The number of anilines is 1. The highest BCUT2D eigenvalue weighted by atomic mass is 35.5. The van der Waals surface area contributed by atoms with Crippen LogP contribution in [-0.4, -0.2) is 6.04 Å². The second-order valence-corrected chi connectivity index (χ2v) is 5.84. The van der Waals surface area contributed by atoms with Crippen LogP contribution in [0.3, 0.4) is 0 Å². The molecule has 1 saturated carbocycles. The molecule has 1 aromatic carbocycles. The van der Waals surface area contributed by atoms with Crippen LogP contribution in [-0.2, 0) is 0 Å². The lowest BCUT2D eigenvalue weighted by Crippen LogP contribution is -2.18. The Bertz CT molecular complexity index is 464. The number of hydrogen-bond acceptors (Lipinski definition) is 2. The largest absolute Gasteiger partial charge is 0.381 e. The van der Waals surface area contributed by atoms with Crippen molar-refractivity contribution in [3.05, 3.63) is 28.8 Å². The van der Waals surface area contributed by atoms with E-state index >= 15 is 0 Å². The zero-order chi connectivity index (χ0) is 13.7. The number of hydrogen-bond donors (Lipinski definition) is 1. The van der Waals surface area contributed by atoms with Gasteiger partial charge in [-0.1, -0.05) is 37.8 Å². The van der Waals surface area contributed by atoms with Gasteiger partial charge in [-0.2, -0.15) is 5.26 Å². The van der Waals surface area contributed by atoms with Crippen molar-refractivity contribution < 1.29 is 0 Å². The predicted molar refractivity (Wildman–Crippen MR) is 80.4 cm³/mol. The van der Waals surface area contributed by atoms with Crippen LogP contribution in [0.4, 0.5) is 5.69 Å². The molecule has 0 aliphatic heterocycles. The molecule has 1 aliphatic carbocycles. The lowest BCUT2D eigenvalue weighted by atomic mass is 9.98. The van der Waals surface area contributed by atoms with E-state index in [0.717, 1.165) is 11.6 Å². The van der Waals surface area contributed by atoms with E-state index in [-0.39, 0.29) is 0 Å². The van der Waals surface area contributed by atoms with Crippen LogP contribution in [0.5, 0.6) is 0 Å². The molecule has 2 atom stereocenters. The number of rotatable bonds is 3. The Balaban J connectivity index is 1.99. The van der Waals surface area contributed by atoms with E-state index in [2.05, 4.69) is 18.3 Å². The third kappa shape index (κ3) is 3.88. The molecule has 19 heavy (non-hydrogen) atoms. The molecule has 2 nitrogen and oxygen atoms in total. The van der Waals surface area contributed by atoms with E-state index in [9.17, 15) is 0 Å². The Labute approximate surface area is 120 Å². The molecule has 0 spiro atoms. The van der Waals surface area contributed by atoms with Gasteiger partial charge in [0.1, 0.15) is 0 Å². The minimum absolute atomic E-state index is 0.516. The fraction of sp³-hybridized carbons (Fsp3) is 0.562. The molecule has 3 heteroatoms. The van der Waals surface area contributed by atoms with E-state index in [1.807, 2.05) is 12.1 Å². The van der Waals surface area contributed by atoms with Crippen molar-refractivity contribution in [1.29, 1.82) is 5.26 Å². The van der Waals surface area contributed by atoms with Crippen molar-refractivity contribution in [2.24, 2.45) is 5.92 Å². The maximum absolute atomic E-state index is 8.84. The number of nitrogens with one attached hydrogen (secondary N) is 1. The molecule has 2 rings (SSSR count). The molecule has 0 bridgehead atoms. The van der Waals surface area contributed by atoms with Crippen molar-refractivity contribution in [3.63, 3.8) is 0 Å². The van der Waals surface area contributed by atoms with Crippen molar-refractivity contribution >= 4 is 17.3 Å². The molecule has 102 valence electrons. The van der Waals surface area contributed by atoms with Crippen LogP contribution >= 0.6 is 11.6 Å². The summed E-state index contributed by atoms with van der Waals surface area (Å²) in [5, 5.41) is 13.0. The second-order valence-electron chi connectivity index (χ2n) is 5.43. The first-order chi connectivity index (χ1) is 9.22. The highest BCUT2D eigenvalue weighted by Gasteiger charge is 2.18. The first kappa shape index (κ1) is 14.2. The summed E-state index contributed by atoms with van der Waals surface area (Å²) in [5.41, 5.74) is 1.57. The van der Waals surface area contributed by atoms with Gasteiger partial charge in [-0.3, -0.25) is 0 Å². The third-order valence-electron chi connectivity index (χ3n) is 4.12. The number of nitrogens with zero attached hydrogens (tertiary/aromatic N) is 1. The molecule has 1 aliphatic rings. The maximum Gasteiger partial charge on any atom is 0.0992 e. The van der Waals surface area contributed by atoms with Gasteiger partial charge in [0, 0.05) is 6.04 Å². The molecule has 0 heterocycles. The summed E-state index contributed by atoms with van der Waals surface area (Å²) in [6.45, 7) is 2.29. The SMILES string of the molecule is CCC1CCCC(Nc2ccc(C#N)cc2Cl)CC1. The van der Waals surface area contributed by atoms with E-state index in [1.165, 1.54) is 38.5 Å². The van der Waals surface area contributed by atoms with Crippen molar-refractivity contribution in [2.45, 2.75) is 51.5 Å². The smallest absolute Gasteiger partial charge is 0.0992 e. The molecule has 1 fully saturated rings. The Kier molecular flexibility index (Phi) is 5.10. The summed E-state index contributed by atoms with van der Waals surface area (Å²) < 4.78 is 0. The van der Waals surface area contributed by atoms with Gasteiger partial charge in [0.25, 0.3) is 0 Å². The van der Waals surface area contributed by atoms with E-state index in [0.29, 0.717) is 16.6 Å². The normalized spacial score (nSPS) is 23.4. The first-order valence-corrected chi connectivity index (χ1v) is 7.57. The molecule has 0 saturated heterocycles. The van der Waals surface area contributed by atoms with Crippen molar-refractivity contribution in [3.8, 4) is 6.07 Å². The van der Waals surface area contributed by atoms with Crippen LogP contribution in [0.25, 0.3) is 0 Å². The Morgan fingerprint density at radius 3 is 2.84 bits per heavy atom. The van der Waals surface area contributed by atoms with Gasteiger partial charge in [-0.25, -0.2) is 0 Å². The van der Waals surface area contributed by atoms with Crippen molar-refractivity contribution in [2.75, 3.05) is 5.32 Å². The van der Waals surface area contributed by atoms with Gasteiger partial charge in [0.05, 0.1) is 22.3 Å². The van der Waals surface area contributed by atoms with Crippen LogP contribution in [0.2, 0.25) is 5.02 Å². The molecule has 1 N–H and O–H groups in total. The Hall–Kier alpha value is -1.20. The summed E-state index contributed by atoms with van der Waals surface area (Å²) in [4.78, 5) is 0. The third-order valence-corrected chi connectivity index (χ3v) is 4.44. The van der Waals surface area contributed by atoms with Crippen LogP contribution < -0.4 is 5.32 Å². The summed E-state index contributed by atoms with van der Waals surface area (Å²) in [6, 6.07) is 8.10. The monoisotopic (exact) mass is 276 g/mol. The quantitative estimate of drug-likeness (QED) is 0.790. The Morgan fingerprint density at radius 2 is 2.16 bits per heavy atom. The molecule has 1 aromatic rings. The lowest BCUT2D eigenvalue weighted by molar-refractivity contribution is 0.444. The molecular weight excluding hydrogens is 256 g/mol. The lowest BCUT2D eigenvalue weighted by Gasteiger charge is -2.19. The van der Waals surface area contributed by atoms with E-state index in [1.54, 1.807) is 6.07 Å². The second kappa shape index (κ2) is 6.82. The summed E-state index contributed by atoms with van der Waals surface area (Å²) in [5.74, 6) is 0.892. The van der Waals surface area contributed by atoms with E-state index in [4.69, 9.17) is 16.9 Å². The van der Waals surface area contributed by atoms with Gasteiger partial charge in [0.2, 0.25) is 0 Å². The van der Waals surface area contributed by atoms with E-state index < -0.39 is 0 Å². The molecule has 0 radical (unpaired) electrons. The van der Waals surface area contributed by atoms with Gasteiger partial charge in [0.15, 0.2) is 0 Å². The van der Waals surface area contributed by atoms with Gasteiger partial charge in [-0.15, -0.1) is 0 Å². The minimum atomic E-state index is 0.516. The van der Waals surface area contributed by atoms with Gasteiger partial charge in [-0.05, 0) is 43.4 Å². The standard InChI is InChI=1S/C16H21ClN2/c1-2-12-4-3-5-14(8-6-12)19-16-9-7-13(11-18)10-15(16)17/h7,9-10,12,14,19H,2-6,8H2,1H3. The highest BCUT2D eigenvalue weighted by Crippen LogP contribution is 2.29. The molecule has 2 unspecified atom stereocenters. The number of halogens is 1. The topological polar surface area (TPSA) is 35.8 Å². The zero-order valence-corrected chi connectivity index (χ0v) is 12.2. The predicted octanol–water partition coefficient (Wildman–Crippen LogP) is 4.98. The zero-order valence-electron chi connectivity index (χ0n) is 11.5. The summed E-state index contributed by atoms with van der Waals surface area (Å²) in [7, 11) is 0. The average Bonchev–Trinajstić information content (AvgIpc) is 2.66. The minimum Gasteiger partial charge on any atom is -0.381 e. The average molecular weight is 277 g/mol. The fourth-order valence-corrected chi connectivity index (χ4v) is 3.09. The van der Waals surface area contributed by atoms with Crippen LogP contribution in [0.1, 0.15) is 51.0 Å². The van der Waals surface area contributed by atoms with Crippen LogP contribution in [0.15, 0.2) is 18.2 Å². The molecule has 0 aromatic heterocycles. The van der Waals surface area contributed by atoms with Crippen LogP contribution in [0, 0.1) is 17.2 Å². The molecular formula is C16H21ClN2. The van der Waals surface area contributed by atoms with Gasteiger partial charge < -0.3 is 5.32 Å². The summed E-state index contributed by atoms with van der Waals surface area (Å²) >= 11 is 6.21. The molecule has 0 amide bonds. The summed E-state index contributed by atoms with van der Waals surface area (Å²) in [6.07, 6.45) is 7.69. The first-order valence-electron chi connectivity index (χ1n) is 7.19. The highest BCUT2D eigenvalue weighted by molar-refractivity contribution is 6.33. The Morgan fingerprint density at radius 1 is 1.32 bits per heavy atom. The fourth-order valence-electron chi connectivity index (χ4n) is 2.85.